The van der Waals surface area contributed by atoms with Crippen LogP contribution in [-0.4, -0.2) is 30.6 Å². The van der Waals surface area contributed by atoms with Crippen LogP contribution < -0.4 is 5.32 Å². The Balaban J connectivity index is 1.88. The molecule has 1 heterocycles. The molecule has 0 spiro atoms. The third-order valence-electron chi connectivity index (χ3n) is 4.20. The predicted molar refractivity (Wildman–Crippen MR) is 81.3 cm³/mol. The summed E-state index contributed by atoms with van der Waals surface area (Å²) >= 11 is 0. The van der Waals surface area contributed by atoms with E-state index in [1.807, 2.05) is 0 Å². The van der Waals surface area contributed by atoms with Gasteiger partial charge in [0.2, 0.25) is 0 Å². The van der Waals surface area contributed by atoms with Crippen LogP contribution in [-0.2, 0) is 6.54 Å². The fraction of sp³-hybridized carbons (Fsp3) is 0.412. The van der Waals surface area contributed by atoms with E-state index in [9.17, 15) is 0 Å². The van der Waals surface area contributed by atoms with Crippen molar-refractivity contribution in [1.82, 2.24) is 10.2 Å². The number of hydrogen-bond acceptors (Lipinski definition) is 2. The summed E-state index contributed by atoms with van der Waals surface area (Å²) in [6.45, 7) is 6.75. The van der Waals surface area contributed by atoms with Crippen LogP contribution in [0.2, 0.25) is 0 Å². The van der Waals surface area contributed by atoms with Crippen LogP contribution in [0.1, 0.15) is 18.9 Å². The summed E-state index contributed by atoms with van der Waals surface area (Å²) in [6.07, 6.45) is 1.22. The lowest BCUT2D eigenvalue weighted by molar-refractivity contribution is 0.149. The first kappa shape index (κ1) is 12.6. The van der Waals surface area contributed by atoms with Gasteiger partial charge in [0.1, 0.15) is 0 Å². The number of rotatable bonds is 3. The van der Waals surface area contributed by atoms with Crippen molar-refractivity contribution in [3.8, 4) is 0 Å². The van der Waals surface area contributed by atoms with Crippen molar-refractivity contribution >= 4 is 10.8 Å². The van der Waals surface area contributed by atoms with E-state index in [4.69, 9.17) is 0 Å². The first-order chi connectivity index (χ1) is 9.38. The molecule has 1 aliphatic heterocycles. The summed E-state index contributed by atoms with van der Waals surface area (Å²) in [7, 11) is 0. The van der Waals surface area contributed by atoms with Gasteiger partial charge in [0.15, 0.2) is 0 Å². The van der Waals surface area contributed by atoms with E-state index in [1.165, 1.54) is 22.8 Å². The molecule has 1 N–H and O–H groups in total. The molecule has 19 heavy (non-hydrogen) atoms. The fourth-order valence-corrected chi connectivity index (χ4v) is 3.06. The third-order valence-corrected chi connectivity index (χ3v) is 4.20. The maximum absolute atomic E-state index is 3.50. The Kier molecular flexibility index (Phi) is 3.81. The van der Waals surface area contributed by atoms with E-state index < -0.39 is 0 Å². The minimum Gasteiger partial charge on any atom is -0.314 e. The Morgan fingerprint density at radius 1 is 1.16 bits per heavy atom. The van der Waals surface area contributed by atoms with Crippen molar-refractivity contribution in [3.05, 3.63) is 48.0 Å². The molecule has 1 unspecified atom stereocenters. The minimum absolute atomic E-state index is 0.674. The van der Waals surface area contributed by atoms with Gasteiger partial charge < -0.3 is 5.32 Å². The lowest BCUT2D eigenvalue weighted by Gasteiger charge is -2.36. The Hall–Kier alpha value is -1.38. The second-order valence-corrected chi connectivity index (χ2v) is 5.37. The molecule has 2 aromatic rings. The number of fused-ring (bicyclic) bond motifs is 1. The Bertz CT molecular complexity index is 544. The molecule has 1 aliphatic rings. The Morgan fingerprint density at radius 2 is 2.00 bits per heavy atom. The molecule has 2 heteroatoms. The zero-order valence-corrected chi connectivity index (χ0v) is 11.6. The molecule has 0 saturated carbocycles. The van der Waals surface area contributed by atoms with Crippen molar-refractivity contribution in [1.29, 1.82) is 0 Å². The topological polar surface area (TPSA) is 15.3 Å². The maximum atomic E-state index is 3.50. The molecular weight excluding hydrogens is 232 g/mol. The average molecular weight is 254 g/mol. The van der Waals surface area contributed by atoms with E-state index in [2.05, 4.69) is 59.6 Å². The van der Waals surface area contributed by atoms with Gasteiger partial charge >= 0.3 is 0 Å². The highest BCUT2D eigenvalue weighted by Crippen LogP contribution is 2.21. The Labute approximate surface area is 115 Å². The molecule has 0 aromatic heterocycles. The van der Waals surface area contributed by atoms with E-state index in [0.29, 0.717) is 6.04 Å². The fourth-order valence-electron chi connectivity index (χ4n) is 3.06. The molecule has 3 rings (SSSR count). The number of piperazine rings is 1. The number of nitrogens with zero attached hydrogens (tertiary/aromatic N) is 1. The summed E-state index contributed by atoms with van der Waals surface area (Å²) in [5.74, 6) is 0. The van der Waals surface area contributed by atoms with Crippen molar-refractivity contribution in [2.45, 2.75) is 25.9 Å². The standard InChI is InChI=1S/C17H22N2/c1-2-16-12-18-10-11-19(16)13-15-8-5-7-14-6-3-4-9-17(14)15/h3-9,16,18H,2,10-13H2,1H3. The van der Waals surface area contributed by atoms with Crippen LogP contribution in [0, 0.1) is 0 Å². The van der Waals surface area contributed by atoms with Crippen LogP contribution in [0.5, 0.6) is 0 Å². The van der Waals surface area contributed by atoms with Crippen LogP contribution in [0.3, 0.4) is 0 Å². The highest BCUT2D eigenvalue weighted by atomic mass is 15.2. The maximum Gasteiger partial charge on any atom is 0.0243 e. The number of nitrogens with one attached hydrogen (secondary N) is 1. The Morgan fingerprint density at radius 3 is 2.89 bits per heavy atom. The van der Waals surface area contributed by atoms with Crippen LogP contribution in [0.25, 0.3) is 10.8 Å². The summed E-state index contributed by atoms with van der Waals surface area (Å²) in [5, 5.41) is 6.25. The molecule has 0 aliphatic carbocycles. The summed E-state index contributed by atoms with van der Waals surface area (Å²) < 4.78 is 0. The van der Waals surface area contributed by atoms with Crippen molar-refractivity contribution in [2.24, 2.45) is 0 Å². The molecule has 1 fully saturated rings. The summed E-state index contributed by atoms with van der Waals surface area (Å²) in [5.41, 5.74) is 1.46. The second kappa shape index (κ2) is 5.72. The molecule has 1 saturated heterocycles. The largest absolute Gasteiger partial charge is 0.314 e. The monoisotopic (exact) mass is 254 g/mol. The lowest BCUT2D eigenvalue weighted by Crippen LogP contribution is -2.50. The first-order valence-corrected chi connectivity index (χ1v) is 7.30. The van der Waals surface area contributed by atoms with Gasteiger partial charge in [-0.3, -0.25) is 4.90 Å². The van der Waals surface area contributed by atoms with Crippen molar-refractivity contribution in [2.75, 3.05) is 19.6 Å². The van der Waals surface area contributed by atoms with Gasteiger partial charge in [-0.2, -0.15) is 0 Å². The van der Waals surface area contributed by atoms with Crippen molar-refractivity contribution in [3.63, 3.8) is 0 Å². The SMILES string of the molecule is CCC1CNCCN1Cc1cccc2ccccc12. The highest BCUT2D eigenvalue weighted by Gasteiger charge is 2.20. The van der Waals surface area contributed by atoms with E-state index in [-0.39, 0.29) is 0 Å². The molecule has 0 amide bonds. The predicted octanol–water partition coefficient (Wildman–Crippen LogP) is 3.02. The van der Waals surface area contributed by atoms with Gasteiger partial charge in [-0.05, 0) is 22.8 Å². The van der Waals surface area contributed by atoms with Gasteiger partial charge in [0.25, 0.3) is 0 Å². The average Bonchev–Trinajstić information content (AvgIpc) is 2.48. The third kappa shape index (κ3) is 2.65. The lowest BCUT2D eigenvalue weighted by atomic mass is 10.0. The minimum atomic E-state index is 0.674. The van der Waals surface area contributed by atoms with Gasteiger partial charge in [0.05, 0.1) is 0 Å². The molecular formula is C17H22N2. The molecule has 1 atom stereocenters. The molecule has 2 aromatic carbocycles. The van der Waals surface area contributed by atoms with Crippen LogP contribution in [0.4, 0.5) is 0 Å². The summed E-state index contributed by atoms with van der Waals surface area (Å²) in [4.78, 5) is 2.62. The zero-order valence-electron chi connectivity index (χ0n) is 11.6. The zero-order chi connectivity index (χ0) is 13.1. The number of hydrogen-bond donors (Lipinski definition) is 1. The van der Waals surface area contributed by atoms with Gasteiger partial charge in [-0.15, -0.1) is 0 Å². The number of benzene rings is 2. The molecule has 0 bridgehead atoms. The van der Waals surface area contributed by atoms with E-state index in [1.54, 1.807) is 0 Å². The molecule has 100 valence electrons. The second-order valence-electron chi connectivity index (χ2n) is 5.37. The summed E-state index contributed by atoms with van der Waals surface area (Å²) in [6, 6.07) is 16.0. The van der Waals surface area contributed by atoms with E-state index in [0.717, 1.165) is 26.2 Å². The molecule has 0 radical (unpaired) electrons. The quantitative estimate of drug-likeness (QED) is 0.905. The van der Waals surface area contributed by atoms with Gasteiger partial charge in [-0.1, -0.05) is 49.4 Å². The van der Waals surface area contributed by atoms with E-state index >= 15 is 0 Å². The van der Waals surface area contributed by atoms with Crippen LogP contribution in [0.15, 0.2) is 42.5 Å². The van der Waals surface area contributed by atoms with Crippen LogP contribution >= 0.6 is 0 Å². The normalized spacial score (nSPS) is 20.8. The highest BCUT2D eigenvalue weighted by molar-refractivity contribution is 5.85. The van der Waals surface area contributed by atoms with Gasteiger partial charge in [0, 0.05) is 32.2 Å². The van der Waals surface area contributed by atoms with Gasteiger partial charge in [-0.25, -0.2) is 0 Å². The molecule has 2 nitrogen and oxygen atoms in total. The first-order valence-electron chi connectivity index (χ1n) is 7.30. The smallest absolute Gasteiger partial charge is 0.0243 e. The van der Waals surface area contributed by atoms with Crippen molar-refractivity contribution < 1.29 is 0 Å².